The van der Waals surface area contributed by atoms with Crippen LogP contribution in [0.4, 0.5) is 5.13 Å². The van der Waals surface area contributed by atoms with Crippen LogP contribution < -0.4 is 5.32 Å². The highest BCUT2D eigenvalue weighted by Gasteiger charge is 2.27. The van der Waals surface area contributed by atoms with Crippen molar-refractivity contribution < 1.29 is 4.79 Å². The number of hydrogen-bond donors (Lipinski definition) is 1. The minimum atomic E-state index is -0.476. The Labute approximate surface area is 143 Å². The molecule has 24 heavy (non-hydrogen) atoms. The Kier molecular flexibility index (Phi) is 4.90. The second-order valence-corrected chi connectivity index (χ2v) is 6.25. The first-order valence-electron chi connectivity index (χ1n) is 7.58. The number of anilines is 1. The summed E-state index contributed by atoms with van der Waals surface area (Å²) < 4.78 is 1.49. The second kappa shape index (κ2) is 7.26. The van der Waals surface area contributed by atoms with Crippen molar-refractivity contribution in [1.29, 1.82) is 0 Å². The first kappa shape index (κ1) is 16.2. The van der Waals surface area contributed by atoms with Crippen molar-refractivity contribution in [2.24, 2.45) is 5.92 Å². The monoisotopic (exact) mass is 343 g/mol. The maximum Gasteiger partial charge on any atom is 0.251 e. The van der Waals surface area contributed by atoms with Crippen molar-refractivity contribution in [1.82, 2.24) is 30.2 Å². The lowest BCUT2D eigenvalue weighted by molar-refractivity contribution is -0.121. The van der Waals surface area contributed by atoms with Crippen LogP contribution in [0.5, 0.6) is 0 Å². The third-order valence-electron chi connectivity index (χ3n) is 3.79. The molecule has 0 aromatic carbocycles. The number of aromatic nitrogens is 6. The molecule has 9 heteroatoms. The quantitative estimate of drug-likeness (QED) is 0.738. The first-order chi connectivity index (χ1) is 11.7. The number of amides is 1. The Bertz CT molecular complexity index is 787. The molecule has 0 aliphatic carbocycles. The van der Waals surface area contributed by atoms with Gasteiger partial charge in [0.15, 0.2) is 5.13 Å². The number of nitrogens with one attached hydrogen (secondary N) is 1. The fraction of sp³-hybridized carbons (Fsp3) is 0.333. The number of rotatable bonds is 6. The lowest BCUT2D eigenvalue weighted by Gasteiger charge is -2.20. The van der Waals surface area contributed by atoms with E-state index in [1.807, 2.05) is 31.4 Å². The fourth-order valence-electron chi connectivity index (χ4n) is 2.32. The molecule has 3 heterocycles. The third-order valence-corrected chi connectivity index (χ3v) is 4.55. The van der Waals surface area contributed by atoms with Gasteiger partial charge in [0.1, 0.15) is 12.4 Å². The molecular weight excluding hydrogens is 326 g/mol. The molecule has 1 N–H and O–H groups in total. The lowest BCUT2D eigenvalue weighted by Crippen LogP contribution is -2.31. The zero-order valence-electron chi connectivity index (χ0n) is 13.3. The maximum absolute atomic E-state index is 12.7. The van der Waals surface area contributed by atoms with Crippen molar-refractivity contribution in [3.63, 3.8) is 0 Å². The van der Waals surface area contributed by atoms with Crippen LogP contribution in [0.3, 0.4) is 0 Å². The molecule has 0 saturated carbocycles. The number of pyridine rings is 1. The molecule has 0 unspecified atom stereocenters. The van der Waals surface area contributed by atoms with E-state index in [9.17, 15) is 4.79 Å². The first-order valence-corrected chi connectivity index (χ1v) is 8.46. The molecule has 0 fully saturated rings. The van der Waals surface area contributed by atoms with Gasteiger partial charge in [-0.2, -0.15) is 0 Å². The molecule has 0 aliphatic rings. The zero-order valence-corrected chi connectivity index (χ0v) is 14.1. The number of carbonyl (C=O) groups excluding carboxylic acids is 1. The second-order valence-electron chi connectivity index (χ2n) is 5.39. The number of nitrogens with zero attached hydrogens (tertiary/aromatic N) is 6. The van der Waals surface area contributed by atoms with Crippen molar-refractivity contribution >= 4 is 22.4 Å². The van der Waals surface area contributed by atoms with Crippen LogP contribution in [-0.2, 0) is 4.79 Å². The SMILES string of the molecule is CC[C@H](C)[C@@H](C(=O)Nc1nc(-c2cccnc2)cs1)n1cnnn1. The number of thiazole rings is 1. The van der Waals surface area contributed by atoms with Gasteiger partial charge in [0.25, 0.3) is 5.91 Å². The predicted molar refractivity (Wildman–Crippen MR) is 90.3 cm³/mol. The number of hydrogen-bond acceptors (Lipinski definition) is 7. The molecule has 3 aromatic heterocycles. The van der Waals surface area contributed by atoms with Crippen LogP contribution >= 0.6 is 11.3 Å². The van der Waals surface area contributed by atoms with Gasteiger partial charge in [-0.05, 0) is 28.5 Å². The fourth-order valence-corrected chi connectivity index (χ4v) is 3.04. The van der Waals surface area contributed by atoms with Gasteiger partial charge in [-0.15, -0.1) is 16.4 Å². The minimum absolute atomic E-state index is 0.0891. The third kappa shape index (κ3) is 3.46. The van der Waals surface area contributed by atoms with Gasteiger partial charge in [-0.25, -0.2) is 9.67 Å². The Morgan fingerprint density at radius 2 is 2.33 bits per heavy atom. The summed E-state index contributed by atoms with van der Waals surface area (Å²) in [4.78, 5) is 21.2. The number of tetrazole rings is 1. The summed E-state index contributed by atoms with van der Waals surface area (Å²) in [6.45, 7) is 4.02. The summed E-state index contributed by atoms with van der Waals surface area (Å²) in [6, 6.07) is 3.30. The standard InChI is InChI=1S/C15H17N7OS/c1-3-10(2)13(22-9-17-20-21-22)14(23)19-15-18-12(8-24-15)11-5-4-6-16-7-11/h4-10,13H,3H2,1-2H3,(H,18,19,23)/t10-,13-/m0/s1. The van der Waals surface area contributed by atoms with E-state index in [2.05, 4.69) is 30.8 Å². The Hall–Kier alpha value is -2.68. The zero-order chi connectivity index (χ0) is 16.9. The van der Waals surface area contributed by atoms with Crippen molar-refractivity contribution in [3.05, 3.63) is 36.2 Å². The van der Waals surface area contributed by atoms with Crippen LogP contribution in [-0.4, -0.2) is 36.1 Å². The largest absolute Gasteiger partial charge is 0.300 e. The average Bonchev–Trinajstić information content (AvgIpc) is 3.28. The molecular formula is C15H17N7OS. The Balaban J connectivity index is 1.77. The summed E-state index contributed by atoms with van der Waals surface area (Å²) >= 11 is 1.37. The minimum Gasteiger partial charge on any atom is -0.300 e. The highest BCUT2D eigenvalue weighted by atomic mass is 32.1. The van der Waals surface area contributed by atoms with E-state index in [4.69, 9.17) is 0 Å². The van der Waals surface area contributed by atoms with Gasteiger partial charge < -0.3 is 5.32 Å². The van der Waals surface area contributed by atoms with E-state index in [1.165, 1.54) is 22.3 Å². The van der Waals surface area contributed by atoms with Crippen molar-refractivity contribution in [2.75, 3.05) is 5.32 Å². The van der Waals surface area contributed by atoms with E-state index in [0.717, 1.165) is 17.7 Å². The smallest absolute Gasteiger partial charge is 0.251 e. The van der Waals surface area contributed by atoms with Crippen LogP contribution in [0.15, 0.2) is 36.2 Å². The molecule has 0 aliphatic heterocycles. The topological polar surface area (TPSA) is 98.5 Å². The van der Waals surface area contributed by atoms with Crippen LogP contribution in [0, 0.1) is 5.92 Å². The summed E-state index contributed by atoms with van der Waals surface area (Å²) in [5.74, 6) is -0.0880. The van der Waals surface area contributed by atoms with Crippen molar-refractivity contribution in [3.8, 4) is 11.3 Å². The van der Waals surface area contributed by atoms with E-state index < -0.39 is 6.04 Å². The molecule has 1 amide bonds. The van der Waals surface area contributed by atoms with E-state index in [-0.39, 0.29) is 11.8 Å². The summed E-state index contributed by atoms with van der Waals surface area (Å²) in [7, 11) is 0. The predicted octanol–water partition coefficient (Wildman–Crippen LogP) is 2.42. The molecule has 8 nitrogen and oxygen atoms in total. The van der Waals surface area contributed by atoms with E-state index in [1.54, 1.807) is 12.4 Å². The molecule has 3 aromatic rings. The molecule has 0 spiro atoms. The maximum atomic E-state index is 12.7. The molecule has 3 rings (SSSR count). The van der Waals surface area contributed by atoms with Crippen LogP contribution in [0.1, 0.15) is 26.3 Å². The Morgan fingerprint density at radius 1 is 1.46 bits per heavy atom. The van der Waals surface area contributed by atoms with Gasteiger partial charge in [0.05, 0.1) is 5.69 Å². The van der Waals surface area contributed by atoms with Gasteiger partial charge in [-0.3, -0.25) is 9.78 Å². The molecule has 0 bridgehead atoms. The van der Waals surface area contributed by atoms with E-state index in [0.29, 0.717) is 5.13 Å². The van der Waals surface area contributed by atoms with E-state index >= 15 is 0 Å². The van der Waals surface area contributed by atoms with Gasteiger partial charge in [0, 0.05) is 23.3 Å². The molecule has 124 valence electrons. The van der Waals surface area contributed by atoms with Crippen LogP contribution in [0.25, 0.3) is 11.3 Å². The normalized spacial score (nSPS) is 13.4. The van der Waals surface area contributed by atoms with Gasteiger partial charge in [0.2, 0.25) is 0 Å². The average molecular weight is 343 g/mol. The summed E-state index contributed by atoms with van der Waals surface area (Å²) in [6.07, 6.45) is 5.74. The highest BCUT2D eigenvalue weighted by Crippen LogP contribution is 2.26. The molecule has 0 radical (unpaired) electrons. The Morgan fingerprint density at radius 3 is 3.00 bits per heavy atom. The summed E-state index contributed by atoms with van der Waals surface area (Å²) in [5, 5.41) is 16.4. The molecule has 0 saturated heterocycles. The highest BCUT2D eigenvalue weighted by molar-refractivity contribution is 7.14. The summed E-state index contributed by atoms with van der Waals surface area (Å²) in [5.41, 5.74) is 1.69. The van der Waals surface area contributed by atoms with Crippen LogP contribution in [0.2, 0.25) is 0 Å². The van der Waals surface area contributed by atoms with Gasteiger partial charge in [-0.1, -0.05) is 20.3 Å². The molecule has 2 atom stereocenters. The van der Waals surface area contributed by atoms with Gasteiger partial charge >= 0.3 is 0 Å². The number of carbonyl (C=O) groups is 1. The lowest BCUT2D eigenvalue weighted by atomic mass is 9.99. The van der Waals surface area contributed by atoms with Crippen molar-refractivity contribution in [2.45, 2.75) is 26.3 Å².